The Morgan fingerprint density at radius 1 is 1.15 bits per heavy atom. The largest absolute Gasteiger partial charge is 0.487 e. The lowest BCUT2D eigenvalue weighted by Crippen LogP contribution is -2.49. The highest BCUT2D eigenvalue weighted by molar-refractivity contribution is 6.07. The summed E-state index contributed by atoms with van der Waals surface area (Å²) in [5, 5.41) is 3.36. The van der Waals surface area contributed by atoms with Crippen molar-refractivity contribution in [3.8, 4) is 5.75 Å². The predicted molar refractivity (Wildman–Crippen MR) is 102 cm³/mol. The molecule has 0 radical (unpaired) electrons. The molecule has 1 spiro atoms. The van der Waals surface area contributed by atoms with Gasteiger partial charge in [0.15, 0.2) is 11.5 Å². The van der Waals surface area contributed by atoms with Crippen LogP contribution < -0.4 is 15.8 Å². The standard InChI is InChI=1S/C20H22N4O2/c1-19(2)12-20(17(25)24(3)18(21)23-20)15-11-14(9-10-16(15)26-19)22-13-7-5-4-6-8-13/h4-11,22H,12H2,1-3H3,(H2,21,23). The van der Waals surface area contributed by atoms with Crippen LogP contribution in [0.15, 0.2) is 53.5 Å². The highest BCUT2D eigenvalue weighted by Gasteiger charge is 2.55. The number of amides is 1. The zero-order chi connectivity index (χ0) is 18.5. The second kappa shape index (κ2) is 5.49. The number of aliphatic imine (C=N–C) groups is 1. The number of likely N-dealkylation sites (N-methyl/N-ethyl adjacent to an activating group) is 1. The van der Waals surface area contributed by atoms with Crippen LogP contribution >= 0.6 is 0 Å². The van der Waals surface area contributed by atoms with Crippen LogP contribution in [-0.2, 0) is 10.3 Å². The average molecular weight is 350 g/mol. The zero-order valence-electron chi connectivity index (χ0n) is 15.1. The maximum absolute atomic E-state index is 13.1. The lowest BCUT2D eigenvalue weighted by atomic mass is 9.77. The molecular formula is C20H22N4O2. The molecule has 4 rings (SSSR count). The number of carbonyl (C=O) groups is 1. The number of para-hydroxylation sites is 1. The zero-order valence-corrected chi connectivity index (χ0v) is 15.1. The third-order valence-electron chi connectivity index (χ3n) is 4.86. The van der Waals surface area contributed by atoms with Crippen LogP contribution in [0.4, 0.5) is 11.4 Å². The molecule has 1 amide bonds. The van der Waals surface area contributed by atoms with E-state index >= 15 is 0 Å². The first-order valence-electron chi connectivity index (χ1n) is 8.60. The average Bonchev–Trinajstić information content (AvgIpc) is 2.80. The number of hydrogen-bond donors (Lipinski definition) is 2. The first kappa shape index (κ1) is 16.4. The van der Waals surface area contributed by atoms with Gasteiger partial charge in [0, 0.05) is 30.4 Å². The van der Waals surface area contributed by atoms with Gasteiger partial charge >= 0.3 is 0 Å². The number of anilines is 2. The van der Waals surface area contributed by atoms with Gasteiger partial charge in [0.25, 0.3) is 5.91 Å². The van der Waals surface area contributed by atoms with Gasteiger partial charge < -0.3 is 15.8 Å². The molecule has 0 saturated carbocycles. The fourth-order valence-corrected chi connectivity index (χ4v) is 3.74. The van der Waals surface area contributed by atoms with Crippen LogP contribution in [0.1, 0.15) is 25.8 Å². The minimum atomic E-state index is -1.04. The first-order valence-corrected chi connectivity index (χ1v) is 8.60. The Morgan fingerprint density at radius 2 is 1.88 bits per heavy atom. The fraction of sp³-hybridized carbons (Fsp3) is 0.300. The maximum Gasteiger partial charge on any atom is 0.261 e. The molecule has 0 saturated heterocycles. The normalized spacial score (nSPS) is 23.4. The van der Waals surface area contributed by atoms with Crippen LogP contribution in [0.25, 0.3) is 0 Å². The van der Waals surface area contributed by atoms with Crippen LogP contribution in [0.2, 0.25) is 0 Å². The lowest BCUT2D eigenvalue weighted by molar-refractivity contribution is -0.133. The van der Waals surface area contributed by atoms with E-state index in [0.717, 1.165) is 16.9 Å². The quantitative estimate of drug-likeness (QED) is 0.873. The molecule has 134 valence electrons. The number of benzene rings is 2. The molecule has 0 aromatic heterocycles. The monoisotopic (exact) mass is 350 g/mol. The SMILES string of the molecule is CN1C(=O)C2(CC(C)(C)Oc3ccc(Nc4ccccc4)cc32)N=C1N. The van der Waals surface area contributed by atoms with E-state index in [-0.39, 0.29) is 11.9 Å². The van der Waals surface area contributed by atoms with Gasteiger partial charge in [-0.3, -0.25) is 9.69 Å². The number of nitrogens with two attached hydrogens (primary N) is 1. The maximum atomic E-state index is 13.1. The van der Waals surface area contributed by atoms with Crippen molar-refractivity contribution in [3.63, 3.8) is 0 Å². The topological polar surface area (TPSA) is 80.0 Å². The van der Waals surface area contributed by atoms with Gasteiger partial charge in [-0.15, -0.1) is 0 Å². The smallest absolute Gasteiger partial charge is 0.261 e. The van der Waals surface area contributed by atoms with Gasteiger partial charge in [-0.25, -0.2) is 4.99 Å². The molecule has 26 heavy (non-hydrogen) atoms. The molecule has 1 atom stereocenters. The summed E-state index contributed by atoms with van der Waals surface area (Å²) in [6.07, 6.45) is 0.436. The minimum Gasteiger partial charge on any atom is -0.487 e. The van der Waals surface area contributed by atoms with Gasteiger partial charge in [-0.05, 0) is 44.2 Å². The molecule has 6 nitrogen and oxygen atoms in total. The Kier molecular flexibility index (Phi) is 3.47. The van der Waals surface area contributed by atoms with Gasteiger partial charge in [-0.1, -0.05) is 18.2 Å². The van der Waals surface area contributed by atoms with E-state index in [4.69, 9.17) is 10.5 Å². The molecule has 2 aromatic rings. The molecular weight excluding hydrogens is 328 g/mol. The molecule has 3 N–H and O–H groups in total. The Labute approximate surface area is 152 Å². The summed E-state index contributed by atoms with van der Waals surface area (Å²) in [5.74, 6) is 0.782. The summed E-state index contributed by atoms with van der Waals surface area (Å²) in [7, 11) is 1.66. The highest BCUT2D eigenvalue weighted by Crippen LogP contribution is 2.49. The molecule has 2 aliphatic rings. The summed E-state index contributed by atoms with van der Waals surface area (Å²) in [5.41, 5.74) is 7.00. The molecule has 6 heteroatoms. The van der Waals surface area contributed by atoms with E-state index in [9.17, 15) is 4.79 Å². The number of fused-ring (bicyclic) bond motifs is 2. The Hall–Kier alpha value is -3.02. The van der Waals surface area contributed by atoms with Crippen molar-refractivity contribution in [1.82, 2.24) is 4.90 Å². The van der Waals surface area contributed by atoms with E-state index in [1.54, 1.807) is 7.05 Å². The summed E-state index contributed by atoms with van der Waals surface area (Å²) in [6.45, 7) is 3.93. The molecule has 2 heterocycles. The number of guanidine groups is 1. The number of carbonyl (C=O) groups excluding carboxylic acids is 1. The summed E-state index contributed by atoms with van der Waals surface area (Å²) < 4.78 is 6.12. The van der Waals surface area contributed by atoms with E-state index in [2.05, 4.69) is 10.3 Å². The number of nitrogens with one attached hydrogen (secondary N) is 1. The van der Waals surface area contributed by atoms with Gasteiger partial charge in [0.2, 0.25) is 0 Å². The van der Waals surface area contributed by atoms with Crippen LogP contribution in [0.3, 0.4) is 0 Å². The first-order chi connectivity index (χ1) is 12.3. The fourth-order valence-electron chi connectivity index (χ4n) is 3.74. The van der Waals surface area contributed by atoms with Crippen LogP contribution in [0.5, 0.6) is 5.75 Å². The van der Waals surface area contributed by atoms with Crippen molar-refractivity contribution >= 4 is 23.2 Å². The molecule has 0 fully saturated rings. The third-order valence-corrected chi connectivity index (χ3v) is 4.86. The molecule has 2 aliphatic heterocycles. The van der Waals surface area contributed by atoms with Crippen LogP contribution in [0, 0.1) is 0 Å². The highest BCUT2D eigenvalue weighted by atomic mass is 16.5. The van der Waals surface area contributed by atoms with Gasteiger partial charge in [-0.2, -0.15) is 0 Å². The Morgan fingerprint density at radius 3 is 2.54 bits per heavy atom. The second-order valence-electron chi connectivity index (χ2n) is 7.43. The molecule has 0 aliphatic carbocycles. The summed E-state index contributed by atoms with van der Waals surface area (Å²) in [4.78, 5) is 19.1. The van der Waals surface area contributed by atoms with Crippen molar-refractivity contribution in [1.29, 1.82) is 0 Å². The van der Waals surface area contributed by atoms with Crippen LogP contribution in [-0.4, -0.2) is 29.4 Å². The Balaban J connectivity index is 1.82. The van der Waals surface area contributed by atoms with Gasteiger partial charge in [0.05, 0.1) is 0 Å². The van der Waals surface area contributed by atoms with Crippen molar-refractivity contribution in [2.24, 2.45) is 10.7 Å². The lowest BCUT2D eigenvalue weighted by Gasteiger charge is -2.41. The van der Waals surface area contributed by atoms with Crippen molar-refractivity contribution < 1.29 is 9.53 Å². The summed E-state index contributed by atoms with van der Waals surface area (Å²) >= 11 is 0. The number of nitrogens with zero attached hydrogens (tertiary/aromatic N) is 2. The minimum absolute atomic E-state index is 0.121. The van der Waals surface area contributed by atoms with E-state index in [1.165, 1.54) is 4.90 Å². The number of rotatable bonds is 2. The van der Waals surface area contributed by atoms with E-state index < -0.39 is 11.1 Å². The van der Waals surface area contributed by atoms with Crippen molar-refractivity contribution in [2.75, 3.05) is 12.4 Å². The number of hydrogen-bond acceptors (Lipinski definition) is 5. The predicted octanol–water partition coefficient (Wildman–Crippen LogP) is 2.97. The summed E-state index contributed by atoms with van der Waals surface area (Å²) in [6, 6.07) is 15.6. The third kappa shape index (κ3) is 2.49. The molecule has 0 bridgehead atoms. The number of ether oxygens (including phenoxy) is 1. The van der Waals surface area contributed by atoms with Gasteiger partial charge in [0.1, 0.15) is 11.4 Å². The Bertz CT molecular complexity index is 907. The van der Waals surface area contributed by atoms with Crippen molar-refractivity contribution in [3.05, 3.63) is 54.1 Å². The van der Waals surface area contributed by atoms with E-state index in [0.29, 0.717) is 12.2 Å². The second-order valence-corrected chi connectivity index (χ2v) is 7.43. The molecule has 1 unspecified atom stereocenters. The molecule has 2 aromatic carbocycles. The van der Waals surface area contributed by atoms with Crippen molar-refractivity contribution in [2.45, 2.75) is 31.4 Å². The van der Waals surface area contributed by atoms with E-state index in [1.807, 2.05) is 62.4 Å².